The number of fused-ring (bicyclic) bond motifs is 1. The van der Waals surface area contributed by atoms with Crippen LogP contribution in [0.5, 0.6) is 5.75 Å². The molecule has 3 rings (SSSR count). The lowest BCUT2D eigenvalue weighted by Crippen LogP contribution is -1.83. The number of hydrogen-bond acceptors (Lipinski definition) is 3. The van der Waals surface area contributed by atoms with Crippen molar-refractivity contribution in [1.29, 1.82) is 0 Å². The summed E-state index contributed by atoms with van der Waals surface area (Å²) in [7, 11) is 0. The Bertz CT molecular complexity index is 700. The highest BCUT2D eigenvalue weighted by Crippen LogP contribution is 2.22. The van der Waals surface area contributed by atoms with Crippen LogP contribution in [0.25, 0.3) is 23.1 Å². The first kappa shape index (κ1) is 10.6. The number of rotatable bonds is 2. The Kier molecular flexibility index (Phi) is 2.57. The molecule has 0 radical (unpaired) electrons. The second-order valence-electron chi connectivity index (χ2n) is 3.93. The van der Waals surface area contributed by atoms with Gasteiger partial charge < -0.3 is 9.52 Å². The Morgan fingerprint density at radius 3 is 2.78 bits per heavy atom. The van der Waals surface area contributed by atoms with E-state index >= 15 is 0 Å². The molecule has 88 valence electrons. The van der Waals surface area contributed by atoms with Crippen molar-refractivity contribution in [3.05, 3.63) is 60.2 Å². The van der Waals surface area contributed by atoms with Gasteiger partial charge in [-0.25, -0.2) is 4.98 Å². The topological polar surface area (TPSA) is 46.3 Å². The maximum absolute atomic E-state index is 9.74. The average molecular weight is 237 g/mol. The Balaban J connectivity index is 2.01. The summed E-state index contributed by atoms with van der Waals surface area (Å²) in [6, 6.07) is 12.9. The third-order valence-corrected chi connectivity index (χ3v) is 2.68. The lowest BCUT2D eigenvalue weighted by Gasteiger charge is -2.00. The van der Waals surface area contributed by atoms with Gasteiger partial charge in [0.05, 0.1) is 12.0 Å². The summed E-state index contributed by atoms with van der Waals surface area (Å²) in [5.41, 5.74) is 1.39. The van der Waals surface area contributed by atoms with Crippen molar-refractivity contribution in [2.45, 2.75) is 0 Å². The molecule has 0 aliphatic heterocycles. The SMILES string of the molecule is Oc1cccc2ccc(/C=C/c3ccco3)nc12. The molecule has 2 heterocycles. The molecule has 0 unspecified atom stereocenters. The van der Waals surface area contributed by atoms with Crippen LogP contribution in [0.2, 0.25) is 0 Å². The van der Waals surface area contributed by atoms with Gasteiger partial charge in [0.1, 0.15) is 17.0 Å². The van der Waals surface area contributed by atoms with Crippen LogP contribution >= 0.6 is 0 Å². The summed E-state index contributed by atoms with van der Waals surface area (Å²) < 4.78 is 5.20. The quantitative estimate of drug-likeness (QED) is 0.739. The van der Waals surface area contributed by atoms with Crippen molar-refractivity contribution in [3.63, 3.8) is 0 Å². The Hall–Kier alpha value is -2.55. The highest BCUT2D eigenvalue weighted by Gasteiger charge is 2.00. The number of phenols is 1. The fourth-order valence-corrected chi connectivity index (χ4v) is 1.79. The fraction of sp³-hybridized carbons (Fsp3) is 0. The van der Waals surface area contributed by atoms with Gasteiger partial charge in [-0.1, -0.05) is 18.2 Å². The van der Waals surface area contributed by atoms with Crippen LogP contribution in [-0.2, 0) is 0 Å². The van der Waals surface area contributed by atoms with E-state index in [2.05, 4.69) is 4.98 Å². The summed E-state index contributed by atoms with van der Waals surface area (Å²) in [6.45, 7) is 0. The highest BCUT2D eigenvalue weighted by atomic mass is 16.3. The first-order valence-electron chi connectivity index (χ1n) is 5.63. The Morgan fingerprint density at radius 1 is 1.00 bits per heavy atom. The zero-order valence-electron chi connectivity index (χ0n) is 9.58. The molecule has 0 saturated carbocycles. The number of para-hydroxylation sites is 1. The normalized spacial score (nSPS) is 11.3. The van der Waals surface area contributed by atoms with E-state index in [0.717, 1.165) is 16.8 Å². The van der Waals surface area contributed by atoms with Gasteiger partial charge in [-0.15, -0.1) is 0 Å². The van der Waals surface area contributed by atoms with Crippen LogP contribution in [0.1, 0.15) is 11.5 Å². The first-order chi connectivity index (χ1) is 8.83. The first-order valence-corrected chi connectivity index (χ1v) is 5.63. The minimum atomic E-state index is 0.195. The monoisotopic (exact) mass is 237 g/mol. The van der Waals surface area contributed by atoms with Crippen molar-refractivity contribution < 1.29 is 9.52 Å². The maximum atomic E-state index is 9.74. The van der Waals surface area contributed by atoms with E-state index in [0.29, 0.717) is 5.52 Å². The zero-order chi connectivity index (χ0) is 12.4. The molecule has 0 atom stereocenters. The van der Waals surface area contributed by atoms with E-state index in [1.807, 2.05) is 42.5 Å². The smallest absolute Gasteiger partial charge is 0.141 e. The van der Waals surface area contributed by atoms with E-state index < -0.39 is 0 Å². The number of hydrogen-bond donors (Lipinski definition) is 1. The van der Waals surface area contributed by atoms with Gasteiger partial charge in [0, 0.05) is 5.39 Å². The molecule has 0 aliphatic carbocycles. The van der Waals surface area contributed by atoms with Gasteiger partial charge in [0.2, 0.25) is 0 Å². The Labute approximate surface area is 104 Å². The molecule has 3 heteroatoms. The summed E-state index contributed by atoms with van der Waals surface area (Å²) in [5, 5.41) is 10.7. The third-order valence-electron chi connectivity index (χ3n) is 2.68. The largest absolute Gasteiger partial charge is 0.506 e. The van der Waals surface area contributed by atoms with Crippen molar-refractivity contribution >= 4 is 23.1 Å². The van der Waals surface area contributed by atoms with Gasteiger partial charge >= 0.3 is 0 Å². The number of aromatic nitrogens is 1. The second-order valence-corrected chi connectivity index (χ2v) is 3.93. The number of furan rings is 1. The van der Waals surface area contributed by atoms with E-state index in [4.69, 9.17) is 4.42 Å². The number of pyridine rings is 1. The summed E-state index contributed by atoms with van der Waals surface area (Å²) in [6.07, 6.45) is 5.32. The second kappa shape index (κ2) is 4.37. The van der Waals surface area contributed by atoms with Crippen molar-refractivity contribution in [2.75, 3.05) is 0 Å². The molecule has 0 spiro atoms. The van der Waals surface area contributed by atoms with Crippen molar-refractivity contribution in [2.24, 2.45) is 0 Å². The molecule has 0 bridgehead atoms. The van der Waals surface area contributed by atoms with Crippen molar-refractivity contribution in [1.82, 2.24) is 4.98 Å². The lowest BCUT2D eigenvalue weighted by atomic mass is 10.2. The lowest BCUT2D eigenvalue weighted by molar-refractivity contribution is 0.480. The van der Waals surface area contributed by atoms with Crippen LogP contribution < -0.4 is 0 Å². The zero-order valence-corrected chi connectivity index (χ0v) is 9.58. The van der Waals surface area contributed by atoms with Gasteiger partial charge in [0.15, 0.2) is 0 Å². The van der Waals surface area contributed by atoms with E-state index in [9.17, 15) is 5.11 Å². The van der Waals surface area contributed by atoms with Crippen LogP contribution in [0.3, 0.4) is 0 Å². The molecule has 0 fully saturated rings. The molecule has 2 aromatic heterocycles. The molecule has 1 aromatic carbocycles. The number of aromatic hydroxyl groups is 1. The number of phenolic OH excluding ortho intramolecular Hbond substituents is 1. The summed E-state index contributed by atoms with van der Waals surface area (Å²) in [4.78, 5) is 4.40. The molecule has 0 saturated heterocycles. The summed E-state index contributed by atoms with van der Waals surface area (Å²) in [5.74, 6) is 0.968. The van der Waals surface area contributed by atoms with Crippen molar-refractivity contribution in [3.8, 4) is 5.75 Å². The summed E-state index contributed by atoms with van der Waals surface area (Å²) >= 11 is 0. The fourth-order valence-electron chi connectivity index (χ4n) is 1.79. The molecule has 0 amide bonds. The molecule has 3 nitrogen and oxygen atoms in total. The van der Waals surface area contributed by atoms with Crippen LogP contribution in [0.15, 0.2) is 53.1 Å². The molecule has 3 aromatic rings. The van der Waals surface area contributed by atoms with Gasteiger partial charge in [-0.3, -0.25) is 0 Å². The van der Waals surface area contributed by atoms with E-state index in [1.165, 1.54) is 0 Å². The Morgan fingerprint density at radius 2 is 1.94 bits per heavy atom. The molecule has 1 N–H and O–H groups in total. The predicted molar refractivity (Wildman–Crippen MR) is 71.0 cm³/mol. The highest BCUT2D eigenvalue weighted by molar-refractivity contribution is 5.85. The average Bonchev–Trinajstić information content (AvgIpc) is 2.90. The van der Waals surface area contributed by atoms with E-state index in [-0.39, 0.29) is 5.75 Å². The minimum absolute atomic E-state index is 0.195. The van der Waals surface area contributed by atoms with E-state index in [1.54, 1.807) is 18.4 Å². The molecule has 0 aliphatic rings. The number of benzene rings is 1. The minimum Gasteiger partial charge on any atom is -0.506 e. The van der Waals surface area contributed by atoms with Gasteiger partial charge in [0.25, 0.3) is 0 Å². The molecular weight excluding hydrogens is 226 g/mol. The van der Waals surface area contributed by atoms with Crippen LogP contribution in [-0.4, -0.2) is 10.1 Å². The van der Waals surface area contributed by atoms with Crippen LogP contribution in [0.4, 0.5) is 0 Å². The molecule has 18 heavy (non-hydrogen) atoms. The third kappa shape index (κ3) is 1.98. The number of nitrogens with zero attached hydrogens (tertiary/aromatic N) is 1. The van der Waals surface area contributed by atoms with Gasteiger partial charge in [-0.2, -0.15) is 0 Å². The van der Waals surface area contributed by atoms with Crippen LogP contribution in [0, 0.1) is 0 Å². The predicted octanol–water partition coefficient (Wildman–Crippen LogP) is 3.70. The molecular formula is C15H11NO2. The maximum Gasteiger partial charge on any atom is 0.141 e. The van der Waals surface area contributed by atoms with Gasteiger partial charge in [-0.05, 0) is 36.4 Å². The standard InChI is InChI=1S/C15H11NO2/c17-14-5-1-3-11-6-7-12(16-15(11)14)8-9-13-4-2-10-18-13/h1-10,17H/b9-8+.